The van der Waals surface area contributed by atoms with Gasteiger partial charge >= 0.3 is 24.7 Å². The lowest BCUT2D eigenvalue weighted by Crippen LogP contribution is -2.72. The van der Waals surface area contributed by atoms with Crippen molar-refractivity contribution in [2.24, 2.45) is 23.7 Å². The van der Waals surface area contributed by atoms with Gasteiger partial charge in [0, 0.05) is 25.6 Å². The maximum absolute atomic E-state index is 14.1. The van der Waals surface area contributed by atoms with Crippen molar-refractivity contribution in [3.63, 3.8) is 0 Å². The van der Waals surface area contributed by atoms with E-state index in [1.807, 2.05) is 0 Å². The van der Waals surface area contributed by atoms with Crippen LogP contribution in [0, 0.1) is 23.7 Å². The zero-order chi connectivity index (χ0) is 26.4. The summed E-state index contributed by atoms with van der Waals surface area (Å²) in [5.74, 6) is -10.8. The van der Waals surface area contributed by atoms with Crippen LogP contribution >= 0.6 is 0 Å². The molecule has 2 aliphatic carbocycles. The summed E-state index contributed by atoms with van der Waals surface area (Å²) in [6.45, 7) is -2.68. The molecule has 1 saturated carbocycles. The van der Waals surface area contributed by atoms with Gasteiger partial charge in [-0.15, -0.1) is 0 Å². The summed E-state index contributed by atoms with van der Waals surface area (Å²) in [6, 6.07) is 0. The van der Waals surface area contributed by atoms with Crippen LogP contribution < -0.4 is 0 Å². The summed E-state index contributed by atoms with van der Waals surface area (Å²) >= 11 is 0. The zero-order valence-corrected chi connectivity index (χ0v) is 17.5. The first-order valence-corrected chi connectivity index (χ1v) is 9.63. The topological polar surface area (TPSA) is 36.9 Å². The number of allylic oxidation sites excluding steroid dienone is 2. The van der Waals surface area contributed by atoms with Crippen LogP contribution in [-0.2, 0) is 18.9 Å². The van der Waals surface area contributed by atoms with Gasteiger partial charge < -0.3 is 18.9 Å². The fourth-order valence-electron chi connectivity index (χ4n) is 4.90. The number of hydrogen-bond acceptors (Lipinski definition) is 4. The molecule has 1 fully saturated rings. The number of rotatable bonds is 9. The maximum atomic E-state index is 14.1. The Morgan fingerprint density at radius 3 is 1.29 bits per heavy atom. The highest BCUT2D eigenvalue weighted by Crippen LogP contribution is 2.68. The molecule has 200 valence electrons. The lowest BCUT2D eigenvalue weighted by molar-refractivity contribution is -0.445. The smallest absolute Gasteiger partial charge is 0.359 e. The van der Waals surface area contributed by atoms with E-state index in [0.29, 0.717) is 7.11 Å². The molecule has 0 aliphatic heterocycles. The molecular formula is C18H20F12O4. The summed E-state index contributed by atoms with van der Waals surface area (Å²) in [6.07, 6.45) is -25.3. The quantitative estimate of drug-likeness (QED) is 0.165. The van der Waals surface area contributed by atoms with Gasteiger partial charge in [-0.25, -0.2) is 0 Å². The van der Waals surface area contributed by atoms with Crippen LogP contribution in [0.1, 0.15) is 13.3 Å². The third-order valence-corrected chi connectivity index (χ3v) is 6.06. The van der Waals surface area contributed by atoms with Crippen molar-refractivity contribution < 1.29 is 71.6 Å². The van der Waals surface area contributed by atoms with Crippen LogP contribution in [0.2, 0.25) is 0 Å². The minimum atomic E-state index is -6.48. The second-order valence-electron chi connectivity index (χ2n) is 7.77. The van der Waals surface area contributed by atoms with E-state index in [2.05, 4.69) is 18.9 Å². The van der Waals surface area contributed by atoms with Gasteiger partial charge in [-0.05, 0) is 25.2 Å². The minimum absolute atomic E-state index is 0.447. The van der Waals surface area contributed by atoms with Crippen molar-refractivity contribution >= 4 is 0 Å². The van der Waals surface area contributed by atoms with Crippen molar-refractivity contribution in [1.82, 2.24) is 0 Å². The van der Waals surface area contributed by atoms with Crippen molar-refractivity contribution in [3.8, 4) is 0 Å². The zero-order valence-electron chi connectivity index (χ0n) is 17.5. The van der Waals surface area contributed by atoms with Gasteiger partial charge in [0.15, 0.2) is 0 Å². The van der Waals surface area contributed by atoms with E-state index in [-0.39, 0.29) is 0 Å². The van der Waals surface area contributed by atoms with E-state index >= 15 is 0 Å². The first-order valence-electron chi connectivity index (χ1n) is 9.63. The lowest BCUT2D eigenvalue weighted by atomic mass is 9.64. The summed E-state index contributed by atoms with van der Waals surface area (Å²) in [5, 5.41) is 0. The first kappa shape index (κ1) is 29.0. The highest BCUT2D eigenvalue weighted by Gasteiger charge is 2.86. The number of methoxy groups -OCH3 is 1. The van der Waals surface area contributed by atoms with Crippen molar-refractivity contribution in [3.05, 3.63) is 12.2 Å². The molecule has 34 heavy (non-hydrogen) atoms. The molecule has 0 aromatic rings. The molecule has 4 atom stereocenters. The average Bonchev–Trinajstić information content (AvgIpc) is 3.24. The maximum Gasteiger partial charge on any atom is 0.426 e. The summed E-state index contributed by atoms with van der Waals surface area (Å²) in [4.78, 5) is 0. The molecular weight excluding hydrogens is 508 g/mol. The van der Waals surface area contributed by atoms with Crippen LogP contribution in [-0.4, -0.2) is 63.2 Å². The Kier molecular flexibility index (Phi) is 7.94. The summed E-state index contributed by atoms with van der Waals surface area (Å²) < 4.78 is 186. The molecule has 0 saturated heterocycles. The summed E-state index contributed by atoms with van der Waals surface area (Å²) in [5.41, 5.74) is -10.9. The lowest BCUT2D eigenvalue weighted by Gasteiger charge is -2.51. The molecule has 2 bridgehead atoms. The van der Waals surface area contributed by atoms with Gasteiger partial charge in [0.1, 0.15) is 13.6 Å². The van der Waals surface area contributed by atoms with E-state index < -0.39 is 86.2 Å². The minimum Gasteiger partial charge on any atom is -0.359 e. The van der Waals surface area contributed by atoms with E-state index in [0.717, 1.165) is 12.2 Å². The molecule has 2 aliphatic rings. The van der Waals surface area contributed by atoms with Crippen LogP contribution in [0.25, 0.3) is 0 Å². The third-order valence-electron chi connectivity index (χ3n) is 6.06. The van der Waals surface area contributed by atoms with Crippen LogP contribution in [0.4, 0.5) is 52.7 Å². The van der Waals surface area contributed by atoms with Gasteiger partial charge in [0.05, 0.1) is 0 Å². The normalized spacial score (nSPS) is 26.5. The van der Waals surface area contributed by atoms with Gasteiger partial charge in [0.25, 0.3) is 11.2 Å². The van der Waals surface area contributed by atoms with Crippen molar-refractivity contribution in [1.29, 1.82) is 0 Å². The second-order valence-corrected chi connectivity index (χ2v) is 7.77. The van der Waals surface area contributed by atoms with Crippen molar-refractivity contribution in [2.45, 2.75) is 49.3 Å². The Morgan fingerprint density at radius 2 is 1.00 bits per heavy atom. The highest BCUT2D eigenvalue weighted by molar-refractivity contribution is 5.25. The predicted molar refractivity (Wildman–Crippen MR) is 87.9 cm³/mol. The number of ether oxygens (including phenoxy) is 4. The van der Waals surface area contributed by atoms with Gasteiger partial charge in [-0.1, -0.05) is 12.2 Å². The molecule has 0 spiro atoms. The average molecular weight is 528 g/mol. The molecule has 16 heteroatoms. The van der Waals surface area contributed by atoms with E-state index in [1.54, 1.807) is 0 Å². The summed E-state index contributed by atoms with van der Waals surface area (Å²) in [7, 11) is 0.636. The Bertz CT molecular complexity index is 696. The molecule has 0 aromatic carbocycles. The number of hydrogen-bond donors (Lipinski definition) is 0. The Labute approximate surface area is 185 Å². The standard InChI is InChI=1S/C18H20F12O4/c1-3-32-8-34-14(17(25,26)27,18(28,29)30)12-10-5-4-9(6-10)11(12)13(15(19,20)21,16(22,23)24)33-7-31-2/h4-5,9-12H,3,6-8H2,1-2H3. The van der Waals surface area contributed by atoms with Crippen molar-refractivity contribution in [2.75, 3.05) is 27.3 Å². The second kappa shape index (κ2) is 9.32. The van der Waals surface area contributed by atoms with Crippen LogP contribution in [0.3, 0.4) is 0 Å². The van der Waals surface area contributed by atoms with Crippen LogP contribution in [0.15, 0.2) is 12.2 Å². The third kappa shape index (κ3) is 4.39. The number of alkyl halides is 12. The SMILES string of the molecule is CCOCOC(C1C2C=CC(C2)C1C(OCOC)(C(F)(F)F)C(F)(F)F)(C(F)(F)F)C(F)(F)F. The van der Waals surface area contributed by atoms with Gasteiger partial charge in [-0.2, -0.15) is 52.7 Å². The molecule has 0 heterocycles. The Morgan fingerprint density at radius 1 is 0.647 bits per heavy atom. The molecule has 0 aromatic heterocycles. The monoisotopic (exact) mass is 528 g/mol. The van der Waals surface area contributed by atoms with Crippen LogP contribution in [0.5, 0.6) is 0 Å². The molecule has 4 nitrogen and oxygen atoms in total. The highest BCUT2D eigenvalue weighted by atomic mass is 19.4. The molecule has 0 amide bonds. The fraction of sp³-hybridized carbons (Fsp3) is 0.889. The predicted octanol–water partition coefficient (Wildman–Crippen LogP) is 5.78. The Hall–Kier alpha value is -1.26. The van der Waals surface area contributed by atoms with E-state index in [9.17, 15) is 52.7 Å². The van der Waals surface area contributed by atoms with E-state index in [1.165, 1.54) is 6.92 Å². The largest absolute Gasteiger partial charge is 0.426 e. The molecule has 0 radical (unpaired) electrons. The number of halogens is 12. The van der Waals surface area contributed by atoms with Gasteiger partial charge in [-0.3, -0.25) is 0 Å². The van der Waals surface area contributed by atoms with E-state index in [4.69, 9.17) is 0 Å². The molecule has 0 N–H and O–H groups in total. The molecule has 4 unspecified atom stereocenters. The van der Waals surface area contributed by atoms with Gasteiger partial charge in [0.2, 0.25) is 0 Å². The first-order chi connectivity index (χ1) is 15.3. The number of fused-ring (bicyclic) bond motifs is 2. The fourth-order valence-corrected chi connectivity index (χ4v) is 4.90. The Balaban J connectivity index is 2.89. The molecule has 2 rings (SSSR count).